The maximum atomic E-state index is 12.0. The van der Waals surface area contributed by atoms with Crippen molar-refractivity contribution in [2.75, 3.05) is 0 Å². The van der Waals surface area contributed by atoms with Crippen LogP contribution in [0.15, 0.2) is 48.1 Å². The van der Waals surface area contributed by atoms with Gasteiger partial charge in [0.1, 0.15) is 0 Å². The minimum atomic E-state index is -0.0264. The molecule has 0 N–H and O–H groups in total. The van der Waals surface area contributed by atoms with Gasteiger partial charge in [-0.25, -0.2) is 0 Å². The average molecular weight is 208 g/mol. The summed E-state index contributed by atoms with van der Waals surface area (Å²) in [6.07, 6.45) is 8.34. The van der Waals surface area contributed by atoms with Crippen LogP contribution in [0.5, 0.6) is 0 Å². The molecule has 2 nitrogen and oxygen atoms in total. The molecule has 1 aliphatic rings. The first-order valence-corrected chi connectivity index (χ1v) is 5.06. The number of Topliss-reactive ketones (excluding diaryl/α,β-unsaturated/α-hetero) is 1. The highest BCUT2D eigenvalue weighted by molar-refractivity contribution is 6.10. The van der Waals surface area contributed by atoms with E-state index in [0.717, 1.165) is 6.42 Å². The maximum absolute atomic E-state index is 12.0. The fraction of sp³-hybridized carbons (Fsp3) is 0.0714. The van der Waals surface area contributed by atoms with Gasteiger partial charge in [-0.15, -0.1) is 0 Å². The summed E-state index contributed by atoms with van der Waals surface area (Å²) in [6.45, 7) is 0. The van der Waals surface area contributed by atoms with Crippen molar-refractivity contribution >= 4 is 5.78 Å². The lowest BCUT2D eigenvalue weighted by Gasteiger charge is -2.05. The summed E-state index contributed by atoms with van der Waals surface area (Å²) in [5.74, 6) is -0.0264. The zero-order valence-electron chi connectivity index (χ0n) is 8.68. The number of benzene rings is 1. The molecule has 0 atom stereocenters. The minimum Gasteiger partial charge on any atom is -0.289 e. The summed E-state index contributed by atoms with van der Waals surface area (Å²) < 4.78 is 0. The summed E-state index contributed by atoms with van der Waals surface area (Å²) in [4.78, 5) is 12.0. The third-order valence-electron chi connectivity index (χ3n) is 2.40. The van der Waals surface area contributed by atoms with Gasteiger partial charge in [-0.05, 0) is 25.0 Å². The van der Waals surface area contributed by atoms with Crippen LogP contribution >= 0.6 is 0 Å². The quantitative estimate of drug-likeness (QED) is 0.701. The number of allylic oxidation sites excluding steroid dienone is 4. The third kappa shape index (κ3) is 2.09. The van der Waals surface area contributed by atoms with E-state index in [1.165, 1.54) is 0 Å². The van der Waals surface area contributed by atoms with Crippen molar-refractivity contribution in [2.45, 2.75) is 6.42 Å². The molecule has 16 heavy (non-hydrogen) atoms. The summed E-state index contributed by atoms with van der Waals surface area (Å²) in [6, 6.07) is 8.80. The Morgan fingerprint density at radius 1 is 1.38 bits per heavy atom. The van der Waals surface area contributed by atoms with Crippen LogP contribution in [-0.4, -0.2) is 5.78 Å². The van der Waals surface area contributed by atoms with Gasteiger partial charge in [-0.2, -0.15) is 5.26 Å². The van der Waals surface area contributed by atoms with Crippen LogP contribution in [-0.2, 0) is 0 Å². The van der Waals surface area contributed by atoms with Crippen molar-refractivity contribution in [3.05, 3.63) is 65.6 Å². The number of carbonyl (C=O) groups excluding carboxylic acids is 1. The molecule has 1 radical (unpaired) electrons. The Morgan fingerprint density at radius 2 is 2.25 bits per heavy atom. The SMILES string of the molecule is N#Cc1cccc(C(=O)C2=CC[CH]C=C2)c1. The van der Waals surface area contributed by atoms with E-state index in [9.17, 15) is 4.79 Å². The Kier molecular flexibility index (Phi) is 2.98. The van der Waals surface area contributed by atoms with E-state index in [4.69, 9.17) is 5.26 Å². The first-order valence-electron chi connectivity index (χ1n) is 5.06. The molecule has 0 aliphatic heterocycles. The van der Waals surface area contributed by atoms with E-state index in [1.54, 1.807) is 30.3 Å². The van der Waals surface area contributed by atoms with E-state index in [2.05, 4.69) is 0 Å². The molecule has 1 aliphatic carbocycles. The second kappa shape index (κ2) is 4.59. The molecule has 0 saturated heterocycles. The van der Waals surface area contributed by atoms with Crippen molar-refractivity contribution in [3.8, 4) is 6.07 Å². The van der Waals surface area contributed by atoms with Gasteiger partial charge in [0.25, 0.3) is 0 Å². The van der Waals surface area contributed by atoms with Crippen molar-refractivity contribution in [2.24, 2.45) is 0 Å². The van der Waals surface area contributed by atoms with Gasteiger partial charge in [0.15, 0.2) is 5.78 Å². The highest BCUT2D eigenvalue weighted by Gasteiger charge is 2.11. The van der Waals surface area contributed by atoms with Crippen LogP contribution in [0.3, 0.4) is 0 Å². The van der Waals surface area contributed by atoms with Crippen molar-refractivity contribution in [3.63, 3.8) is 0 Å². The van der Waals surface area contributed by atoms with Crippen LogP contribution in [0.1, 0.15) is 22.3 Å². The zero-order chi connectivity index (χ0) is 11.4. The van der Waals surface area contributed by atoms with Gasteiger partial charge in [0.2, 0.25) is 0 Å². The molecule has 1 aromatic carbocycles. The van der Waals surface area contributed by atoms with E-state index in [-0.39, 0.29) is 5.78 Å². The number of nitriles is 1. The maximum Gasteiger partial charge on any atom is 0.192 e. The van der Waals surface area contributed by atoms with Gasteiger partial charge in [-0.1, -0.05) is 30.4 Å². The van der Waals surface area contributed by atoms with Crippen LogP contribution in [0, 0.1) is 17.8 Å². The molecule has 0 unspecified atom stereocenters. The number of carbonyl (C=O) groups is 1. The Bertz CT molecular complexity index is 518. The number of ketones is 1. The Hall–Kier alpha value is -2.14. The predicted molar refractivity (Wildman–Crippen MR) is 61.6 cm³/mol. The molecule has 0 spiro atoms. The molecule has 0 heterocycles. The standard InChI is InChI=1S/C14H10NO/c15-10-11-5-4-8-13(9-11)14(16)12-6-2-1-3-7-12/h1-2,4-9H,3H2. The first kappa shape index (κ1) is 10.4. The van der Waals surface area contributed by atoms with Crippen LogP contribution in [0.4, 0.5) is 0 Å². The lowest BCUT2D eigenvalue weighted by atomic mass is 9.97. The Labute approximate surface area is 94.5 Å². The summed E-state index contributed by atoms with van der Waals surface area (Å²) in [7, 11) is 0. The highest BCUT2D eigenvalue weighted by Crippen LogP contribution is 2.15. The highest BCUT2D eigenvalue weighted by atomic mass is 16.1. The van der Waals surface area contributed by atoms with Gasteiger partial charge < -0.3 is 0 Å². The molecule has 2 heteroatoms. The summed E-state index contributed by atoms with van der Waals surface area (Å²) in [5.41, 5.74) is 1.77. The smallest absolute Gasteiger partial charge is 0.192 e. The largest absolute Gasteiger partial charge is 0.289 e. The molecule has 0 aromatic heterocycles. The fourth-order valence-corrected chi connectivity index (χ4v) is 1.58. The number of hydrogen-bond donors (Lipinski definition) is 0. The second-order valence-corrected chi connectivity index (χ2v) is 3.51. The number of nitrogens with zero attached hydrogens (tertiary/aromatic N) is 1. The monoisotopic (exact) mass is 208 g/mol. The molecule has 77 valence electrons. The van der Waals surface area contributed by atoms with Gasteiger partial charge in [0, 0.05) is 11.1 Å². The molecule has 1 aromatic rings. The summed E-state index contributed by atoms with van der Waals surface area (Å²) in [5, 5.41) is 8.76. The molecular formula is C14H10NO. The van der Waals surface area contributed by atoms with E-state index in [0.29, 0.717) is 16.7 Å². The van der Waals surface area contributed by atoms with Gasteiger partial charge in [0.05, 0.1) is 11.6 Å². The molecule has 0 amide bonds. The predicted octanol–water partition coefficient (Wildman–Crippen LogP) is 2.83. The topological polar surface area (TPSA) is 40.9 Å². The lowest BCUT2D eigenvalue weighted by Crippen LogP contribution is -2.03. The van der Waals surface area contributed by atoms with E-state index < -0.39 is 0 Å². The molecule has 0 fully saturated rings. The van der Waals surface area contributed by atoms with E-state index in [1.807, 2.05) is 24.6 Å². The zero-order valence-corrected chi connectivity index (χ0v) is 8.68. The number of rotatable bonds is 2. The second-order valence-electron chi connectivity index (χ2n) is 3.51. The Balaban J connectivity index is 2.31. The molecule has 2 rings (SSSR count). The molecule has 0 bridgehead atoms. The lowest BCUT2D eigenvalue weighted by molar-refractivity contribution is 0.103. The first-order chi connectivity index (χ1) is 7.81. The molecular weight excluding hydrogens is 198 g/mol. The van der Waals surface area contributed by atoms with Crippen molar-refractivity contribution in [1.82, 2.24) is 0 Å². The van der Waals surface area contributed by atoms with Crippen LogP contribution in [0.25, 0.3) is 0 Å². The molecule has 0 saturated carbocycles. The Morgan fingerprint density at radius 3 is 2.94 bits per heavy atom. The van der Waals surface area contributed by atoms with Crippen LogP contribution in [0.2, 0.25) is 0 Å². The third-order valence-corrected chi connectivity index (χ3v) is 2.40. The number of hydrogen-bond acceptors (Lipinski definition) is 2. The van der Waals surface area contributed by atoms with Crippen LogP contribution < -0.4 is 0 Å². The minimum absolute atomic E-state index is 0.0264. The van der Waals surface area contributed by atoms with Crippen molar-refractivity contribution < 1.29 is 4.79 Å². The summed E-state index contributed by atoms with van der Waals surface area (Å²) >= 11 is 0. The van der Waals surface area contributed by atoms with Crippen molar-refractivity contribution in [1.29, 1.82) is 5.26 Å². The van der Waals surface area contributed by atoms with Gasteiger partial charge >= 0.3 is 0 Å². The van der Waals surface area contributed by atoms with E-state index >= 15 is 0 Å². The fourth-order valence-electron chi connectivity index (χ4n) is 1.58. The average Bonchev–Trinajstić information content (AvgIpc) is 2.39. The van der Waals surface area contributed by atoms with Gasteiger partial charge in [-0.3, -0.25) is 4.79 Å². The normalized spacial score (nSPS) is 14.1.